The second-order valence-electron chi connectivity index (χ2n) is 7.46. The van der Waals surface area contributed by atoms with Crippen LogP contribution in [-0.4, -0.2) is 56.8 Å². The molecule has 1 aromatic rings. The molecule has 0 amide bonds. The Bertz CT molecular complexity index is 516. The van der Waals surface area contributed by atoms with Crippen LogP contribution in [0.25, 0.3) is 0 Å². The lowest BCUT2D eigenvalue weighted by Crippen LogP contribution is -2.40. The summed E-state index contributed by atoms with van der Waals surface area (Å²) in [5, 5.41) is 6.67. The highest BCUT2D eigenvalue weighted by Crippen LogP contribution is 2.16. The minimum absolute atomic E-state index is 0. The molecule has 0 radical (unpaired) electrons. The monoisotopic (exact) mass is 488 g/mol. The van der Waals surface area contributed by atoms with E-state index in [1.165, 1.54) is 5.56 Å². The molecule has 0 unspecified atom stereocenters. The van der Waals surface area contributed by atoms with E-state index >= 15 is 0 Å². The van der Waals surface area contributed by atoms with Gasteiger partial charge in [-0.05, 0) is 30.7 Å². The van der Waals surface area contributed by atoms with Crippen molar-refractivity contribution >= 4 is 29.9 Å². The van der Waals surface area contributed by atoms with Crippen molar-refractivity contribution in [1.82, 2.24) is 15.5 Å². The van der Waals surface area contributed by atoms with Gasteiger partial charge in [-0.2, -0.15) is 0 Å². The van der Waals surface area contributed by atoms with Crippen molar-refractivity contribution in [2.24, 2.45) is 10.9 Å². The number of nitrogens with one attached hydrogen (secondary N) is 2. The average Bonchev–Trinajstić information content (AvgIpc) is 2.66. The van der Waals surface area contributed by atoms with Gasteiger partial charge >= 0.3 is 0 Å². The van der Waals surface area contributed by atoms with Crippen LogP contribution >= 0.6 is 24.0 Å². The summed E-state index contributed by atoms with van der Waals surface area (Å²) in [5.41, 5.74) is 1.40. The summed E-state index contributed by atoms with van der Waals surface area (Å²) in [7, 11) is 1.81. The number of hydrogen-bond donors (Lipinski definition) is 2. The molecule has 1 saturated heterocycles. The van der Waals surface area contributed by atoms with E-state index in [-0.39, 0.29) is 24.0 Å². The molecule has 0 aromatic heterocycles. The summed E-state index contributed by atoms with van der Waals surface area (Å²) in [5.74, 6) is 1.50. The summed E-state index contributed by atoms with van der Waals surface area (Å²) in [6, 6.07) is 10.7. The molecule has 2 rings (SSSR count). The third-order valence-electron chi connectivity index (χ3n) is 4.65. The zero-order valence-electron chi connectivity index (χ0n) is 17.1. The number of likely N-dealkylation sites (tertiary alicyclic amines) is 1. The van der Waals surface area contributed by atoms with E-state index in [9.17, 15) is 0 Å². The van der Waals surface area contributed by atoms with Crippen molar-refractivity contribution in [1.29, 1.82) is 0 Å². The van der Waals surface area contributed by atoms with Gasteiger partial charge in [0.2, 0.25) is 0 Å². The highest BCUT2D eigenvalue weighted by Gasteiger charge is 2.19. The maximum absolute atomic E-state index is 6.07. The van der Waals surface area contributed by atoms with E-state index in [2.05, 4.69) is 64.7 Å². The van der Waals surface area contributed by atoms with Gasteiger partial charge in [-0.15, -0.1) is 24.0 Å². The molecule has 2 N–H and O–H groups in total. The minimum Gasteiger partial charge on any atom is -0.378 e. The minimum atomic E-state index is 0. The van der Waals surface area contributed by atoms with Gasteiger partial charge in [0.15, 0.2) is 5.96 Å². The summed E-state index contributed by atoms with van der Waals surface area (Å²) >= 11 is 0. The molecule has 1 heterocycles. The Kier molecular flexibility index (Phi) is 12.7. The fourth-order valence-corrected chi connectivity index (χ4v) is 3.13. The van der Waals surface area contributed by atoms with Crippen LogP contribution in [0, 0.1) is 5.92 Å². The van der Waals surface area contributed by atoms with E-state index in [1.54, 1.807) is 0 Å². The molecule has 6 heteroatoms. The van der Waals surface area contributed by atoms with E-state index in [4.69, 9.17) is 4.74 Å². The first-order chi connectivity index (χ1) is 12.7. The number of halogens is 1. The van der Waals surface area contributed by atoms with Crippen LogP contribution < -0.4 is 10.6 Å². The van der Waals surface area contributed by atoms with Gasteiger partial charge in [0.05, 0.1) is 6.10 Å². The molecule has 1 aliphatic heterocycles. The molecular weight excluding hydrogens is 451 g/mol. The quantitative estimate of drug-likeness (QED) is 0.242. The predicted molar refractivity (Wildman–Crippen MR) is 125 cm³/mol. The molecule has 5 nitrogen and oxygen atoms in total. The van der Waals surface area contributed by atoms with Crippen molar-refractivity contribution in [3.8, 4) is 0 Å². The van der Waals surface area contributed by atoms with Crippen molar-refractivity contribution in [3.63, 3.8) is 0 Å². The molecule has 0 spiro atoms. The Morgan fingerprint density at radius 3 is 2.52 bits per heavy atom. The summed E-state index contributed by atoms with van der Waals surface area (Å²) < 4.78 is 6.07. The lowest BCUT2D eigenvalue weighted by Gasteiger charge is -2.32. The van der Waals surface area contributed by atoms with Gasteiger partial charge < -0.3 is 15.4 Å². The first kappa shape index (κ1) is 24.2. The number of guanidine groups is 1. The Balaban J connectivity index is 0.00000364. The normalized spacial score (nSPS) is 16.2. The molecule has 27 heavy (non-hydrogen) atoms. The van der Waals surface area contributed by atoms with Gasteiger partial charge in [0.25, 0.3) is 0 Å². The number of rotatable bonds is 9. The van der Waals surface area contributed by atoms with Crippen LogP contribution in [-0.2, 0) is 11.3 Å². The topological polar surface area (TPSA) is 48.9 Å². The molecule has 1 aliphatic rings. The van der Waals surface area contributed by atoms with Gasteiger partial charge in [-0.1, -0.05) is 44.2 Å². The van der Waals surface area contributed by atoms with Gasteiger partial charge in [-0.25, -0.2) is 0 Å². The van der Waals surface area contributed by atoms with Gasteiger partial charge in [-0.3, -0.25) is 9.89 Å². The third kappa shape index (κ3) is 10.3. The van der Waals surface area contributed by atoms with Crippen molar-refractivity contribution < 1.29 is 4.74 Å². The lowest BCUT2D eigenvalue weighted by atomic mass is 10.1. The van der Waals surface area contributed by atoms with E-state index < -0.39 is 0 Å². The van der Waals surface area contributed by atoms with Crippen molar-refractivity contribution in [2.45, 2.75) is 45.8 Å². The molecule has 0 saturated carbocycles. The Morgan fingerprint density at radius 2 is 1.89 bits per heavy atom. The molecule has 0 aliphatic carbocycles. The van der Waals surface area contributed by atoms with E-state index in [0.717, 1.165) is 64.6 Å². The van der Waals surface area contributed by atoms with Gasteiger partial charge in [0.1, 0.15) is 0 Å². The second-order valence-corrected chi connectivity index (χ2v) is 7.46. The smallest absolute Gasteiger partial charge is 0.190 e. The summed E-state index contributed by atoms with van der Waals surface area (Å²) in [6.45, 7) is 10.4. The van der Waals surface area contributed by atoms with Crippen LogP contribution in [0.2, 0.25) is 0 Å². The largest absolute Gasteiger partial charge is 0.378 e. The molecule has 154 valence electrons. The molecule has 0 bridgehead atoms. The maximum atomic E-state index is 6.07. The van der Waals surface area contributed by atoms with Crippen LogP contribution in [0.3, 0.4) is 0 Å². The Labute approximate surface area is 182 Å². The molecule has 0 atom stereocenters. The van der Waals surface area contributed by atoms with Crippen molar-refractivity contribution in [3.05, 3.63) is 35.9 Å². The highest BCUT2D eigenvalue weighted by atomic mass is 127. The zero-order valence-corrected chi connectivity index (χ0v) is 19.4. The molecule has 1 aromatic carbocycles. The molecule has 1 fully saturated rings. The number of aliphatic imine (C=N–C) groups is 1. The van der Waals surface area contributed by atoms with Crippen LogP contribution in [0.15, 0.2) is 35.3 Å². The first-order valence-electron chi connectivity index (χ1n) is 9.99. The standard InChI is InChI=1S/C21H36N4O.HI/c1-18(2)16-24-21(22-3)23-12-7-15-26-20-10-13-25(14-11-20)17-19-8-5-4-6-9-19;/h4-6,8-9,18,20H,7,10-17H2,1-3H3,(H2,22,23,24);1H. The Hall–Kier alpha value is -0.860. The van der Waals surface area contributed by atoms with E-state index in [0.29, 0.717) is 12.0 Å². The van der Waals surface area contributed by atoms with Gasteiger partial charge in [0, 0.05) is 46.4 Å². The van der Waals surface area contributed by atoms with E-state index in [1.807, 2.05) is 7.05 Å². The fraction of sp³-hybridized carbons (Fsp3) is 0.667. The summed E-state index contributed by atoms with van der Waals surface area (Å²) in [6.07, 6.45) is 3.70. The SMILES string of the molecule is CN=C(NCCCOC1CCN(Cc2ccccc2)CC1)NCC(C)C.I. The van der Waals surface area contributed by atoms with Crippen molar-refractivity contribution in [2.75, 3.05) is 39.8 Å². The maximum Gasteiger partial charge on any atom is 0.190 e. The second kappa shape index (κ2) is 14.2. The molecular formula is C21H37IN4O. The van der Waals surface area contributed by atoms with Crippen LogP contribution in [0.5, 0.6) is 0 Å². The highest BCUT2D eigenvalue weighted by molar-refractivity contribution is 14.0. The van der Waals surface area contributed by atoms with Crippen LogP contribution in [0.4, 0.5) is 0 Å². The number of nitrogens with zero attached hydrogens (tertiary/aromatic N) is 2. The average molecular weight is 488 g/mol. The Morgan fingerprint density at radius 1 is 1.19 bits per heavy atom. The predicted octanol–water partition coefficient (Wildman–Crippen LogP) is 3.50. The first-order valence-corrected chi connectivity index (χ1v) is 9.99. The zero-order chi connectivity index (χ0) is 18.6. The fourth-order valence-electron chi connectivity index (χ4n) is 3.13. The number of piperidine rings is 1. The number of benzene rings is 1. The van der Waals surface area contributed by atoms with Crippen LogP contribution in [0.1, 0.15) is 38.7 Å². The summed E-state index contributed by atoms with van der Waals surface area (Å²) in [4.78, 5) is 6.77. The number of hydrogen-bond acceptors (Lipinski definition) is 3. The lowest BCUT2D eigenvalue weighted by molar-refractivity contribution is 0.00534. The number of ether oxygens (including phenoxy) is 1. The third-order valence-corrected chi connectivity index (χ3v) is 4.65.